The van der Waals surface area contributed by atoms with Gasteiger partial charge in [0.15, 0.2) is 0 Å². The number of hydrogen-bond acceptors (Lipinski definition) is 4. The highest BCUT2D eigenvalue weighted by atomic mass is 16.6. The molecule has 4 nitrogen and oxygen atoms in total. The molecular formula is C9H10O4. The van der Waals surface area contributed by atoms with Crippen molar-refractivity contribution < 1.29 is 19.1 Å². The van der Waals surface area contributed by atoms with E-state index in [2.05, 4.69) is 0 Å². The van der Waals surface area contributed by atoms with Crippen LogP contribution in [0.25, 0.3) is 0 Å². The molecule has 1 aliphatic heterocycles. The molecule has 0 aromatic carbocycles. The lowest BCUT2D eigenvalue weighted by molar-refractivity contribution is -0.160. The van der Waals surface area contributed by atoms with Crippen LogP contribution in [0.2, 0.25) is 0 Å². The molecule has 0 amide bonds. The molecule has 0 bridgehead atoms. The van der Waals surface area contributed by atoms with Crippen LogP contribution in [-0.4, -0.2) is 24.1 Å². The van der Waals surface area contributed by atoms with Crippen LogP contribution in [0.3, 0.4) is 0 Å². The fraction of sp³-hybridized carbons (Fsp3) is 0.556. The lowest BCUT2D eigenvalue weighted by atomic mass is 10.0. The van der Waals surface area contributed by atoms with Crippen LogP contribution in [0.4, 0.5) is 0 Å². The molecule has 0 radical (unpaired) electrons. The molecule has 70 valence electrons. The second-order valence-electron chi connectivity index (χ2n) is 3.26. The van der Waals surface area contributed by atoms with E-state index in [1.165, 1.54) is 6.92 Å². The summed E-state index contributed by atoms with van der Waals surface area (Å²) in [5.41, 5.74) is 0. The molecule has 0 aromatic rings. The Morgan fingerprint density at radius 1 is 1.69 bits per heavy atom. The van der Waals surface area contributed by atoms with E-state index in [1.54, 1.807) is 0 Å². The summed E-state index contributed by atoms with van der Waals surface area (Å²) >= 11 is 0. The third-order valence-electron chi connectivity index (χ3n) is 2.32. The molecular weight excluding hydrogens is 172 g/mol. The Morgan fingerprint density at radius 3 is 3.15 bits per heavy atom. The third-order valence-corrected chi connectivity index (χ3v) is 2.32. The monoisotopic (exact) mass is 182 g/mol. The van der Waals surface area contributed by atoms with Gasteiger partial charge in [-0.15, -0.1) is 0 Å². The van der Waals surface area contributed by atoms with Crippen LogP contribution in [0.15, 0.2) is 12.2 Å². The van der Waals surface area contributed by atoms with E-state index in [0.717, 1.165) is 6.42 Å². The van der Waals surface area contributed by atoms with Gasteiger partial charge in [0.05, 0.1) is 5.92 Å². The second-order valence-corrected chi connectivity index (χ2v) is 3.26. The predicted molar refractivity (Wildman–Crippen MR) is 42.7 cm³/mol. The Morgan fingerprint density at radius 2 is 2.46 bits per heavy atom. The normalized spacial score (nSPS) is 35.8. The lowest BCUT2D eigenvalue weighted by Gasteiger charge is -2.12. The quantitative estimate of drug-likeness (QED) is 0.435. The predicted octanol–water partition coefficient (Wildman–Crippen LogP) is 0.420. The first-order valence-electron chi connectivity index (χ1n) is 4.23. The fourth-order valence-electron chi connectivity index (χ4n) is 1.76. The average Bonchev–Trinajstić information content (AvgIpc) is 2.55. The summed E-state index contributed by atoms with van der Waals surface area (Å²) < 4.78 is 9.88. The van der Waals surface area contributed by atoms with Crippen LogP contribution in [-0.2, 0) is 19.1 Å². The molecule has 0 unspecified atom stereocenters. The molecule has 0 aromatic heterocycles. The molecule has 13 heavy (non-hydrogen) atoms. The second kappa shape index (κ2) is 2.87. The summed E-state index contributed by atoms with van der Waals surface area (Å²) in [6.07, 6.45) is 3.65. The maximum Gasteiger partial charge on any atom is 0.348 e. The van der Waals surface area contributed by atoms with E-state index in [4.69, 9.17) is 9.47 Å². The van der Waals surface area contributed by atoms with Crippen LogP contribution < -0.4 is 0 Å². The number of fused-ring (bicyclic) bond motifs is 1. The van der Waals surface area contributed by atoms with Crippen molar-refractivity contribution in [1.29, 1.82) is 0 Å². The van der Waals surface area contributed by atoms with Gasteiger partial charge in [0, 0.05) is 6.92 Å². The van der Waals surface area contributed by atoms with Crippen molar-refractivity contribution in [3.63, 3.8) is 0 Å². The van der Waals surface area contributed by atoms with E-state index >= 15 is 0 Å². The van der Waals surface area contributed by atoms with Gasteiger partial charge in [0.1, 0.15) is 6.10 Å². The van der Waals surface area contributed by atoms with Crippen LogP contribution in [0.5, 0.6) is 0 Å². The number of carbonyl (C=O) groups excluding carboxylic acids is 2. The number of esters is 2. The van der Waals surface area contributed by atoms with Gasteiger partial charge in [-0.3, -0.25) is 4.79 Å². The van der Waals surface area contributed by atoms with Gasteiger partial charge < -0.3 is 9.47 Å². The highest BCUT2D eigenvalue weighted by molar-refractivity contribution is 5.81. The number of carbonyl (C=O) groups is 2. The summed E-state index contributed by atoms with van der Waals surface area (Å²) in [5.74, 6) is -0.861. The highest BCUT2D eigenvalue weighted by Crippen LogP contribution is 2.33. The van der Waals surface area contributed by atoms with Gasteiger partial charge in [-0.25, -0.2) is 4.79 Å². The van der Waals surface area contributed by atoms with Crippen molar-refractivity contribution in [2.45, 2.75) is 25.6 Å². The van der Waals surface area contributed by atoms with Gasteiger partial charge in [-0.05, 0) is 12.5 Å². The van der Waals surface area contributed by atoms with E-state index in [1.807, 2.05) is 12.2 Å². The summed E-state index contributed by atoms with van der Waals surface area (Å²) in [4.78, 5) is 21.9. The minimum Gasteiger partial charge on any atom is -0.455 e. The summed E-state index contributed by atoms with van der Waals surface area (Å²) in [6.45, 7) is 1.29. The first-order chi connectivity index (χ1) is 6.18. The number of allylic oxidation sites excluding steroid dienone is 1. The molecule has 0 N–H and O–H groups in total. The average molecular weight is 182 g/mol. The maximum absolute atomic E-state index is 11.2. The van der Waals surface area contributed by atoms with Crippen molar-refractivity contribution in [2.75, 3.05) is 0 Å². The molecule has 1 heterocycles. The number of hydrogen-bond donors (Lipinski definition) is 0. The third kappa shape index (κ3) is 1.32. The first kappa shape index (κ1) is 8.29. The number of ether oxygens (including phenoxy) is 2. The molecule has 4 heteroatoms. The van der Waals surface area contributed by atoms with Gasteiger partial charge >= 0.3 is 11.9 Å². The van der Waals surface area contributed by atoms with Gasteiger partial charge in [0.2, 0.25) is 6.10 Å². The fourth-order valence-corrected chi connectivity index (χ4v) is 1.76. The highest BCUT2D eigenvalue weighted by Gasteiger charge is 2.47. The van der Waals surface area contributed by atoms with Gasteiger partial charge in [0.25, 0.3) is 0 Å². The Labute approximate surface area is 75.5 Å². The first-order valence-corrected chi connectivity index (χ1v) is 4.23. The molecule has 2 aliphatic rings. The van der Waals surface area contributed by atoms with Crippen molar-refractivity contribution >= 4 is 11.9 Å². The molecule has 0 spiro atoms. The standard InChI is InChI=1S/C9H10O4/c1-5(10)12-8-6-3-2-4-7(6)13-9(8)11/h2,4,6-8H,3H2,1H3/t6-,7+,8-/m1/s1. The van der Waals surface area contributed by atoms with Crippen molar-refractivity contribution in [3.8, 4) is 0 Å². The Kier molecular flexibility index (Phi) is 1.83. The Bertz CT molecular complexity index is 281. The topological polar surface area (TPSA) is 52.6 Å². The molecule has 3 atom stereocenters. The van der Waals surface area contributed by atoms with E-state index in [0.29, 0.717) is 0 Å². The molecule has 2 rings (SSSR count). The van der Waals surface area contributed by atoms with Gasteiger partial charge in [-0.2, -0.15) is 0 Å². The largest absolute Gasteiger partial charge is 0.455 e. The zero-order valence-corrected chi connectivity index (χ0v) is 7.23. The van der Waals surface area contributed by atoms with Crippen molar-refractivity contribution in [1.82, 2.24) is 0 Å². The van der Waals surface area contributed by atoms with E-state index in [-0.39, 0.29) is 12.0 Å². The SMILES string of the molecule is CC(=O)O[C@H]1C(=O)O[C@H]2C=CC[C@H]21. The lowest BCUT2D eigenvalue weighted by Crippen LogP contribution is -2.28. The molecule has 1 fully saturated rings. The van der Waals surface area contributed by atoms with E-state index < -0.39 is 18.0 Å². The van der Waals surface area contributed by atoms with E-state index in [9.17, 15) is 9.59 Å². The Hall–Kier alpha value is -1.32. The zero-order valence-electron chi connectivity index (χ0n) is 7.23. The van der Waals surface area contributed by atoms with Crippen LogP contribution in [0, 0.1) is 5.92 Å². The molecule has 1 aliphatic carbocycles. The minimum atomic E-state index is -0.697. The summed E-state index contributed by atoms with van der Waals surface area (Å²) in [5, 5.41) is 0. The zero-order chi connectivity index (χ0) is 9.42. The maximum atomic E-state index is 11.2. The minimum absolute atomic E-state index is 0.00333. The van der Waals surface area contributed by atoms with Gasteiger partial charge in [-0.1, -0.05) is 6.08 Å². The number of rotatable bonds is 1. The van der Waals surface area contributed by atoms with Crippen LogP contribution in [0.1, 0.15) is 13.3 Å². The molecule has 1 saturated heterocycles. The van der Waals surface area contributed by atoms with Crippen molar-refractivity contribution in [2.24, 2.45) is 5.92 Å². The van der Waals surface area contributed by atoms with Crippen LogP contribution >= 0.6 is 0 Å². The van der Waals surface area contributed by atoms with Crippen molar-refractivity contribution in [3.05, 3.63) is 12.2 Å². The molecule has 0 saturated carbocycles. The summed E-state index contributed by atoms with van der Waals surface area (Å²) in [7, 11) is 0. The smallest absolute Gasteiger partial charge is 0.348 e. The summed E-state index contributed by atoms with van der Waals surface area (Å²) in [6, 6.07) is 0. The Balaban J connectivity index is 2.10.